The zero-order valence-electron chi connectivity index (χ0n) is 15.2. The lowest BCUT2D eigenvalue weighted by atomic mass is 10.0. The topological polar surface area (TPSA) is 67.2 Å². The number of benzene rings is 1. The number of rotatable bonds is 6. The maximum Gasteiger partial charge on any atom is 0.257 e. The predicted octanol–water partition coefficient (Wildman–Crippen LogP) is 2.11. The van der Waals surface area contributed by atoms with Gasteiger partial charge in [0.05, 0.1) is 6.20 Å². The van der Waals surface area contributed by atoms with Gasteiger partial charge in [0.1, 0.15) is 23.2 Å². The van der Waals surface area contributed by atoms with Gasteiger partial charge in [-0.25, -0.2) is 8.78 Å². The van der Waals surface area contributed by atoms with Crippen molar-refractivity contribution >= 4 is 11.8 Å². The Morgan fingerprint density at radius 2 is 1.88 bits per heavy atom. The average Bonchev–Trinajstić information content (AvgIpc) is 2.96. The van der Waals surface area contributed by atoms with Crippen LogP contribution in [0.3, 0.4) is 0 Å². The number of amides is 2. The van der Waals surface area contributed by atoms with Crippen LogP contribution in [-0.4, -0.2) is 39.6 Å². The van der Waals surface area contributed by atoms with Crippen molar-refractivity contribution in [1.82, 2.24) is 20.0 Å². The summed E-state index contributed by atoms with van der Waals surface area (Å²) >= 11 is 0. The van der Waals surface area contributed by atoms with E-state index in [9.17, 15) is 18.4 Å². The van der Waals surface area contributed by atoms with E-state index in [2.05, 4.69) is 10.4 Å². The lowest BCUT2D eigenvalue weighted by Crippen LogP contribution is -2.50. The molecule has 6 nitrogen and oxygen atoms in total. The number of nitrogens with zero attached hydrogens (tertiary/aromatic N) is 3. The van der Waals surface area contributed by atoms with Crippen LogP contribution in [0, 0.1) is 17.6 Å². The molecule has 1 unspecified atom stereocenters. The molecule has 0 spiro atoms. The molecule has 0 aliphatic rings. The van der Waals surface area contributed by atoms with Crippen molar-refractivity contribution in [2.45, 2.75) is 26.4 Å². The molecule has 1 N–H and O–H groups in total. The summed E-state index contributed by atoms with van der Waals surface area (Å²) in [5.41, 5.74) is 0.137. The minimum absolute atomic E-state index is 0.266. The van der Waals surface area contributed by atoms with E-state index in [4.69, 9.17) is 0 Å². The van der Waals surface area contributed by atoms with Crippen molar-refractivity contribution < 1.29 is 18.4 Å². The van der Waals surface area contributed by atoms with Gasteiger partial charge in [0.25, 0.3) is 5.91 Å². The highest BCUT2D eigenvalue weighted by molar-refractivity contribution is 5.98. The van der Waals surface area contributed by atoms with Crippen molar-refractivity contribution in [3.63, 3.8) is 0 Å². The zero-order chi connectivity index (χ0) is 19.4. The van der Waals surface area contributed by atoms with Crippen LogP contribution in [0.5, 0.6) is 0 Å². The molecule has 8 heteroatoms. The third-order valence-corrected chi connectivity index (χ3v) is 3.96. The van der Waals surface area contributed by atoms with Crippen LogP contribution < -0.4 is 5.32 Å². The number of aromatic nitrogens is 2. The molecular weight excluding hydrogens is 342 g/mol. The first-order chi connectivity index (χ1) is 12.2. The first kappa shape index (κ1) is 19.6. The number of carbonyl (C=O) groups excluding carboxylic acids is 2. The van der Waals surface area contributed by atoms with E-state index >= 15 is 0 Å². The maximum absolute atomic E-state index is 13.8. The second-order valence-electron chi connectivity index (χ2n) is 6.51. The van der Waals surface area contributed by atoms with E-state index in [0.717, 1.165) is 17.7 Å². The van der Waals surface area contributed by atoms with E-state index in [1.54, 1.807) is 45.0 Å². The molecule has 2 rings (SSSR count). The summed E-state index contributed by atoms with van der Waals surface area (Å²) in [6, 6.07) is 2.26. The number of halogens is 2. The molecular formula is C18H22F2N4O2. The van der Waals surface area contributed by atoms with Gasteiger partial charge in [-0.2, -0.15) is 5.10 Å². The van der Waals surface area contributed by atoms with E-state index in [1.807, 2.05) is 0 Å². The van der Waals surface area contributed by atoms with Crippen molar-refractivity contribution in [3.8, 4) is 0 Å². The molecule has 1 aromatic heterocycles. The van der Waals surface area contributed by atoms with Gasteiger partial charge < -0.3 is 10.2 Å². The molecule has 0 aliphatic heterocycles. The van der Waals surface area contributed by atoms with E-state index in [0.29, 0.717) is 6.54 Å². The zero-order valence-corrected chi connectivity index (χ0v) is 15.2. The number of aryl methyl sites for hydroxylation is 1. The van der Waals surface area contributed by atoms with E-state index in [1.165, 1.54) is 11.0 Å². The van der Waals surface area contributed by atoms with Crippen molar-refractivity contribution in [2.75, 3.05) is 7.05 Å². The van der Waals surface area contributed by atoms with Gasteiger partial charge in [-0.05, 0) is 18.1 Å². The Kier molecular flexibility index (Phi) is 6.07. The van der Waals surface area contributed by atoms with Gasteiger partial charge in [-0.3, -0.25) is 14.3 Å². The minimum Gasteiger partial charge on any atom is -0.340 e. The van der Waals surface area contributed by atoms with Crippen molar-refractivity contribution in [2.24, 2.45) is 13.0 Å². The fourth-order valence-corrected chi connectivity index (χ4v) is 2.58. The fourth-order valence-electron chi connectivity index (χ4n) is 2.58. The lowest BCUT2D eigenvalue weighted by Gasteiger charge is -2.27. The van der Waals surface area contributed by atoms with Crippen LogP contribution in [0.2, 0.25) is 0 Å². The van der Waals surface area contributed by atoms with Crippen molar-refractivity contribution in [3.05, 3.63) is 53.4 Å². The van der Waals surface area contributed by atoms with Crippen LogP contribution in [-0.2, 0) is 18.4 Å². The van der Waals surface area contributed by atoms with E-state index < -0.39 is 29.1 Å². The van der Waals surface area contributed by atoms with Crippen LogP contribution in [0.25, 0.3) is 0 Å². The summed E-state index contributed by atoms with van der Waals surface area (Å²) in [5.74, 6) is -3.52. The number of hydrogen-bond donors (Lipinski definition) is 1. The second-order valence-corrected chi connectivity index (χ2v) is 6.51. The van der Waals surface area contributed by atoms with Crippen LogP contribution >= 0.6 is 0 Å². The van der Waals surface area contributed by atoms with Gasteiger partial charge in [0.15, 0.2) is 0 Å². The van der Waals surface area contributed by atoms with Gasteiger partial charge in [0, 0.05) is 32.4 Å². The van der Waals surface area contributed by atoms with Crippen molar-refractivity contribution in [1.29, 1.82) is 0 Å². The molecule has 26 heavy (non-hydrogen) atoms. The molecule has 1 aromatic carbocycles. The Labute approximate surface area is 150 Å². The Balaban J connectivity index is 2.14. The SMILES string of the molecule is CC(C)C(NC(=O)c1c(F)cccc1F)C(=O)N(C)Cc1cnn(C)c1. The molecule has 0 radical (unpaired) electrons. The molecule has 0 fully saturated rings. The summed E-state index contributed by atoms with van der Waals surface area (Å²) < 4.78 is 29.2. The molecule has 2 aromatic rings. The first-order valence-corrected chi connectivity index (χ1v) is 8.18. The van der Waals surface area contributed by atoms with E-state index in [-0.39, 0.29) is 11.8 Å². The average molecular weight is 364 g/mol. The van der Waals surface area contributed by atoms with Gasteiger partial charge in [0.2, 0.25) is 5.91 Å². The van der Waals surface area contributed by atoms with Crippen LogP contribution in [0.1, 0.15) is 29.8 Å². The Bertz CT molecular complexity index is 784. The highest BCUT2D eigenvalue weighted by Gasteiger charge is 2.29. The molecule has 0 saturated heterocycles. The van der Waals surface area contributed by atoms with Gasteiger partial charge in [-0.1, -0.05) is 19.9 Å². The smallest absolute Gasteiger partial charge is 0.257 e. The lowest BCUT2D eigenvalue weighted by molar-refractivity contribution is -0.133. The largest absolute Gasteiger partial charge is 0.340 e. The third-order valence-electron chi connectivity index (χ3n) is 3.96. The molecule has 2 amide bonds. The monoisotopic (exact) mass is 364 g/mol. The highest BCUT2D eigenvalue weighted by atomic mass is 19.1. The quantitative estimate of drug-likeness (QED) is 0.854. The fraction of sp³-hybridized carbons (Fsp3) is 0.389. The Hall–Kier alpha value is -2.77. The third kappa shape index (κ3) is 4.44. The number of hydrogen-bond acceptors (Lipinski definition) is 3. The maximum atomic E-state index is 13.8. The number of nitrogens with one attached hydrogen (secondary N) is 1. The second kappa shape index (κ2) is 8.07. The molecule has 0 bridgehead atoms. The number of likely N-dealkylation sites (N-methyl/N-ethyl adjacent to an activating group) is 1. The Morgan fingerprint density at radius 3 is 2.38 bits per heavy atom. The molecule has 1 atom stereocenters. The molecule has 0 saturated carbocycles. The summed E-state index contributed by atoms with van der Waals surface area (Å²) in [6.07, 6.45) is 3.42. The molecule has 0 aliphatic carbocycles. The predicted molar refractivity (Wildman–Crippen MR) is 92.1 cm³/mol. The molecule has 140 valence electrons. The summed E-state index contributed by atoms with van der Waals surface area (Å²) in [7, 11) is 3.37. The van der Waals surface area contributed by atoms with Gasteiger partial charge in [-0.15, -0.1) is 0 Å². The summed E-state index contributed by atoms with van der Waals surface area (Å²) in [6.45, 7) is 3.80. The van der Waals surface area contributed by atoms with Crippen LogP contribution in [0.15, 0.2) is 30.6 Å². The number of carbonyl (C=O) groups is 2. The minimum atomic E-state index is -0.971. The van der Waals surface area contributed by atoms with Crippen LogP contribution in [0.4, 0.5) is 8.78 Å². The molecule has 1 heterocycles. The summed E-state index contributed by atoms with van der Waals surface area (Å²) in [5, 5.41) is 6.50. The first-order valence-electron chi connectivity index (χ1n) is 8.18. The normalized spacial score (nSPS) is 12.1. The van der Waals surface area contributed by atoms with Gasteiger partial charge >= 0.3 is 0 Å². The summed E-state index contributed by atoms with van der Waals surface area (Å²) in [4.78, 5) is 26.5. The highest BCUT2D eigenvalue weighted by Crippen LogP contribution is 2.14. The standard InChI is InChI=1S/C18H22F2N4O2/c1-11(2)16(18(26)23(3)9-12-8-21-24(4)10-12)22-17(25)15-13(19)6-5-7-14(15)20/h5-8,10-11,16H,9H2,1-4H3,(H,22,25). The Morgan fingerprint density at radius 1 is 1.27 bits per heavy atom.